The molecule has 0 bridgehead atoms. The van der Waals surface area contributed by atoms with Gasteiger partial charge in [0.25, 0.3) is 0 Å². The van der Waals surface area contributed by atoms with Crippen LogP contribution in [0.1, 0.15) is 33.6 Å². The number of aliphatic hydroxyl groups is 1. The molecule has 0 radical (unpaired) electrons. The Morgan fingerprint density at radius 2 is 2.12 bits per heavy atom. The average Bonchev–Trinajstić information content (AvgIpc) is 2.23. The number of amides is 1. The lowest BCUT2D eigenvalue weighted by atomic mass is 9.85. The van der Waals surface area contributed by atoms with E-state index in [0.717, 1.165) is 0 Å². The van der Waals surface area contributed by atoms with Crippen LogP contribution in [0.15, 0.2) is 0 Å². The van der Waals surface area contributed by atoms with E-state index in [1.807, 2.05) is 6.07 Å². The zero-order chi connectivity index (χ0) is 13.3. The molecule has 5 nitrogen and oxygen atoms in total. The van der Waals surface area contributed by atoms with Gasteiger partial charge < -0.3 is 15.7 Å². The lowest BCUT2D eigenvalue weighted by Gasteiger charge is -2.31. The maximum absolute atomic E-state index is 11.4. The van der Waals surface area contributed by atoms with E-state index in [1.54, 1.807) is 0 Å². The van der Waals surface area contributed by atoms with Gasteiger partial charge in [-0.1, -0.05) is 20.8 Å². The molecule has 0 aliphatic heterocycles. The van der Waals surface area contributed by atoms with E-state index in [0.29, 0.717) is 19.4 Å². The first-order chi connectivity index (χ1) is 7.91. The highest BCUT2D eigenvalue weighted by Gasteiger charge is 2.23. The molecule has 98 valence electrons. The molecule has 0 aliphatic carbocycles. The second kappa shape index (κ2) is 8.04. The van der Waals surface area contributed by atoms with Gasteiger partial charge in [0.05, 0.1) is 19.0 Å². The fourth-order valence-electron chi connectivity index (χ4n) is 1.51. The Morgan fingerprint density at radius 3 is 2.59 bits per heavy atom. The second-order valence-corrected chi connectivity index (χ2v) is 5.07. The SMILES string of the molecule is CC(C)(C)C(CCO)NCC(=O)NCCC#N. The van der Waals surface area contributed by atoms with E-state index < -0.39 is 0 Å². The molecule has 0 aromatic rings. The number of aliphatic hydroxyl groups excluding tert-OH is 1. The lowest BCUT2D eigenvalue weighted by molar-refractivity contribution is -0.120. The summed E-state index contributed by atoms with van der Waals surface area (Å²) in [4.78, 5) is 11.4. The van der Waals surface area contributed by atoms with Crippen molar-refractivity contribution in [1.29, 1.82) is 5.26 Å². The molecule has 0 saturated carbocycles. The van der Waals surface area contributed by atoms with Crippen molar-refractivity contribution in [3.63, 3.8) is 0 Å². The molecule has 0 aliphatic rings. The van der Waals surface area contributed by atoms with Crippen LogP contribution >= 0.6 is 0 Å². The molecule has 1 atom stereocenters. The second-order valence-electron chi connectivity index (χ2n) is 5.07. The number of nitriles is 1. The Kier molecular flexibility index (Phi) is 7.51. The van der Waals surface area contributed by atoms with Crippen molar-refractivity contribution in [1.82, 2.24) is 10.6 Å². The molecule has 3 N–H and O–H groups in total. The van der Waals surface area contributed by atoms with Gasteiger partial charge in [0.1, 0.15) is 0 Å². The number of rotatable bonds is 7. The van der Waals surface area contributed by atoms with Gasteiger partial charge in [-0.3, -0.25) is 4.79 Å². The Hall–Kier alpha value is -1.12. The average molecular weight is 241 g/mol. The van der Waals surface area contributed by atoms with E-state index in [9.17, 15) is 4.79 Å². The van der Waals surface area contributed by atoms with Gasteiger partial charge in [0.2, 0.25) is 5.91 Å². The Labute approximate surface area is 103 Å². The zero-order valence-corrected chi connectivity index (χ0v) is 10.9. The molecule has 17 heavy (non-hydrogen) atoms. The van der Waals surface area contributed by atoms with Gasteiger partial charge in [-0.15, -0.1) is 0 Å². The lowest BCUT2D eigenvalue weighted by Crippen LogP contribution is -2.45. The predicted molar refractivity (Wildman–Crippen MR) is 66.2 cm³/mol. The fraction of sp³-hybridized carbons (Fsp3) is 0.833. The van der Waals surface area contributed by atoms with Crippen molar-refractivity contribution in [2.75, 3.05) is 19.7 Å². The molecular weight excluding hydrogens is 218 g/mol. The fourth-order valence-corrected chi connectivity index (χ4v) is 1.51. The molecule has 5 heteroatoms. The summed E-state index contributed by atoms with van der Waals surface area (Å²) < 4.78 is 0. The summed E-state index contributed by atoms with van der Waals surface area (Å²) in [5.41, 5.74) is -0.00430. The summed E-state index contributed by atoms with van der Waals surface area (Å²) in [6.07, 6.45) is 0.944. The summed E-state index contributed by atoms with van der Waals surface area (Å²) in [5.74, 6) is -0.118. The monoisotopic (exact) mass is 241 g/mol. The van der Waals surface area contributed by atoms with Gasteiger partial charge in [0, 0.05) is 19.2 Å². The number of nitrogens with one attached hydrogen (secondary N) is 2. The highest BCUT2D eigenvalue weighted by Crippen LogP contribution is 2.21. The van der Waals surface area contributed by atoms with Crippen LogP contribution in [-0.4, -0.2) is 36.8 Å². The first-order valence-electron chi connectivity index (χ1n) is 5.89. The summed E-state index contributed by atoms with van der Waals surface area (Å²) in [6, 6.07) is 2.06. The van der Waals surface area contributed by atoms with Gasteiger partial charge in [-0.25, -0.2) is 0 Å². The van der Waals surface area contributed by atoms with E-state index in [2.05, 4.69) is 31.4 Å². The highest BCUT2D eigenvalue weighted by molar-refractivity contribution is 5.78. The standard InChI is InChI=1S/C12H23N3O2/c1-12(2,3)10(5-8-16)15-9-11(17)14-7-4-6-13/h10,15-16H,4-5,7-9H2,1-3H3,(H,14,17). The molecule has 1 amide bonds. The molecule has 0 aromatic heterocycles. The zero-order valence-electron chi connectivity index (χ0n) is 10.9. The Balaban J connectivity index is 3.97. The molecule has 0 spiro atoms. The van der Waals surface area contributed by atoms with E-state index in [-0.39, 0.29) is 30.5 Å². The Bertz CT molecular complexity index is 266. The molecule has 0 aromatic carbocycles. The van der Waals surface area contributed by atoms with Crippen LogP contribution < -0.4 is 10.6 Å². The molecule has 0 heterocycles. The first-order valence-corrected chi connectivity index (χ1v) is 5.89. The maximum atomic E-state index is 11.4. The first kappa shape index (κ1) is 15.9. The molecule has 1 unspecified atom stereocenters. The van der Waals surface area contributed by atoms with Crippen LogP contribution in [0.3, 0.4) is 0 Å². The van der Waals surface area contributed by atoms with Crippen molar-refractivity contribution in [3.05, 3.63) is 0 Å². The molecule has 0 fully saturated rings. The summed E-state index contributed by atoms with van der Waals surface area (Å²) in [7, 11) is 0. The largest absolute Gasteiger partial charge is 0.396 e. The van der Waals surface area contributed by atoms with Crippen molar-refractivity contribution in [3.8, 4) is 6.07 Å². The number of hydrogen-bond acceptors (Lipinski definition) is 4. The Morgan fingerprint density at radius 1 is 1.47 bits per heavy atom. The summed E-state index contributed by atoms with van der Waals surface area (Å²) in [6.45, 7) is 6.89. The van der Waals surface area contributed by atoms with Crippen molar-refractivity contribution < 1.29 is 9.90 Å². The van der Waals surface area contributed by atoms with Crippen molar-refractivity contribution >= 4 is 5.91 Å². The van der Waals surface area contributed by atoms with Gasteiger partial charge in [0.15, 0.2) is 0 Å². The van der Waals surface area contributed by atoms with Crippen molar-refractivity contribution in [2.24, 2.45) is 5.41 Å². The van der Waals surface area contributed by atoms with E-state index in [1.165, 1.54) is 0 Å². The third-order valence-corrected chi connectivity index (χ3v) is 2.53. The van der Waals surface area contributed by atoms with Gasteiger partial charge in [-0.2, -0.15) is 5.26 Å². The van der Waals surface area contributed by atoms with Crippen LogP contribution in [0.4, 0.5) is 0 Å². The quantitative estimate of drug-likeness (QED) is 0.563. The van der Waals surface area contributed by atoms with Crippen LogP contribution in [-0.2, 0) is 4.79 Å². The van der Waals surface area contributed by atoms with Crippen LogP contribution in [0, 0.1) is 16.7 Å². The molecular formula is C12H23N3O2. The summed E-state index contributed by atoms with van der Waals surface area (Å²) >= 11 is 0. The maximum Gasteiger partial charge on any atom is 0.233 e. The number of nitrogens with zero attached hydrogens (tertiary/aromatic N) is 1. The number of carbonyl (C=O) groups excluding carboxylic acids is 1. The number of hydrogen-bond donors (Lipinski definition) is 3. The third-order valence-electron chi connectivity index (χ3n) is 2.53. The number of carbonyl (C=O) groups is 1. The molecule has 0 saturated heterocycles. The van der Waals surface area contributed by atoms with Crippen LogP contribution in [0.2, 0.25) is 0 Å². The van der Waals surface area contributed by atoms with E-state index >= 15 is 0 Å². The molecule has 0 rings (SSSR count). The van der Waals surface area contributed by atoms with Gasteiger partial charge in [-0.05, 0) is 11.8 Å². The normalized spacial score (nSPS) is 12.9. The smallest absolute Gasteiger partial charge is 0.233 e. The van der Waals surface area contributed by atoms with Crippen LogP contribution in [0.5, 0.6) is 0 Å². The topological polar surface area (TPSA) is 85.2 Å². The minimum atomic E-state index is -0.118. The predicted octanol–water partition coefficient (Wildman–Crippen LogP) is 0.403. The highest BCUT2D eigenvalue weighted by atomic mass is 16.3. The van der Waals surface area contributed by atoms with Gasteiger partial charge >= 0.3 is 0 Å². The van der Waals surface area contributed by atoms with Crippen LogP contribution in [0.25, 0.3) is 0 Å². The minimum Gasteiger partial charge on any atom is -0.396 e. The van der Waals surface area contributed by atoms with Crippen molar-refractivity contribution in [2.45, 2.75) is 39.7 Å². The minimum absolute atomic E-state index is 0.00430. The van der Waals surface area contributed by atoms with E-state index in [4.69, 9.17) is 10.4 Å². The summed E-state index contributed by atoms with van der Waals surface area (Å²) in [5, 5.41) is 23.1. The third kappa shape index (κ3) is 7.72.